The number of nitrogens with zero attached hydrogens (tertiary/aromatic N) is 2. The predicted molar refractivity (Wildman–Crippen MR) is 227 cm³/mol. The van der Waals surface area contributed by atoms with Crippen LogP contribution in [0.1, 0.15) is 66.2 Å². The summed E-state index contributed by atoms with van der Waals surface area (Å²) in [4.78, 5) is 10.0. The molecule has 283 valence electrons. The topological polar surface area (TPSA) is 43.2 Å². The average Bonchev–Trinajstić information content (AvgIpc) is 4.02. The van der Waals surface area contributed by atoms with Gasteiger partial charge in [0.2, 0.25) is 0 Å². The van der Waals surface area contributed by atoms with Crippen LogP contribution in [0.3, 0.4) is 0 Å². The normalized spacial score (nSPS) is 25.1. The quantitative estimate of drug-likeness (QED) is 0.118. The summed E-state index contributed by atoms with van der Waals surface area (Å²) in [6.45, 7) is 10.5. The molecule has 0 amide bonds. The molecule has 3 unspecified atom stereocenters. The second-order valence-corrected chi connectivity index (χ2v) is 21.2. The van der Waals surface area contributed by atoms with Crippen molar-refractivity contribution in [3.8, 4) is 0 Å². The first-order valence-electron chi connectivity index (χ1n) is 19.8. The van der Waals surface area contributed by atoms with E-state index in [9.17, 15) is 0 Å². The van der Waals surface area contributed by atoms with E-state index < -0.39 is 15.8 Å². The van der Waals surface area contributed by atoms with Crippen molar-refractivity contribution in [3.05, 3.63) is 121 Å². The van der Waals surface area contributed by atoms with Crippen LogP contribution in [0.5, 0.6) is 0 Å². The van der Waals surface area contributed by atoms with Crippen molar-refractivity contribution >= 4 is 48.9 Å². The van der Waals surface area contributed by atoms with Crippen molar-refractivity contribution in [3.63, 3.8) is 0 Å². The third-order valence-corrected chi connectivity index (χ3v) is 18.4. The van der Waals surface area contributed by atoms with E-state index in [2.05, 4.69) is 149 Å². The Bertz CT molecular complexity index is 1550. The summed E-state index contributed by atoms with van der Waals surface area (Å²) in [5.41, 5.74) is 1.32. The summed E-state index contributed by atoms with van der Waals surface area (Å²) in [5.74, 6) is 4.21. The van der Waals surface area contributed by atoms with E-state index in [0.717, 1.165) is 25.0 Å². The summed E-state index contributed by atoms with van der Waals surface area (Å²) in [6, 6.07) is 45.3. The van der Waals surface area contributed by atoms with E-state index in [1.54, 1.807) is 0 Å². The Kier molecular flexibility index (Phi) is 14.6. The van der Waals surface area contributed by atoms with Gasteiger partial charge in [-0.15, -0.1) is 0 Å². The average molecular weight is 930 g/mol. The number of hydrogen-bond donors (Lipinski definition) is 0. The second kappa shape index (κ2) is 19.3. The fourth-order valence-electron chi connectivity index (χ4n) is 8.77. The molecule has 4 aliphatic rings. The number of rotatable bonds is 10. The van der Waals surface area contributed by atoms with Gasteiger partial charge in [-0.05, 0) is 98.9 Å². The van der Waals surface area contributed by atoms with Gasteiger partial charge in [-0.25, -0.2) is 9.98 Å². The summed E-state index contributed by atoms with van der Waals surface area (Å²) in [6.07, 6.45) is 7.61. The fourth-order valence-corrected chi connectivity index (χ4v) is 15.8. The smallest absolute Gasteiger partial charge is 0.190 e. The number of benzene rings is 4. The molecule has 4 aromatic rings. The molecule has 53 heavy (non-hydrogen) atoms. The molecule has 2 aliphatic heterocycles. The van der Waals surface area contributed by atoms with E-state index in [1.165, 1.54) is 59.7 Å². The number of aliphatic imine (C=N–C) groups is 2. The van der Waals surface area contributed by atoms with Crippen molar-refractivity contribution in [2.45, 2.75) is 89.6 Å². The molecule has 6 atom stereocenters. The van der Waals surface area contributed by atoms with Gasteiger partial charge >= 0.3 is 0 Å². The summed E-state index contributed by atoms with van der Waals surface area (Å²) < 4.78 is 12.3. The third-order valence-electron chi connectivity index (χ3n) is 11.7. The molecule has 8 rings (SSSR count). The molecule has 2 fully saturated rings. The Morgan fingerprint density at radius 2 is 0.774 bits per heavy atom. The van der Waals surface area contributed by atoms with Crippen LogP contribution in [0, 0.1) is 23.7 Å². The maximum absolute atomic E-state index is 6.13. The standard InChI is InChI=1S/2C23H28NOP.Au/c2*1-17(2)21-16-25-23(24-21)20-14-9-15-22(20)26(18-10-5-3-6-11-18)19-12-7-4-8-13-19;/h2*3-8,10-13,17,20-22H,9,14-16H2,1-2H3;/p+2/t20?,21-,22?;20?,21-,22-;/m11./s1. The Hall–Kier alpha value is -2.58. The van der Waals surface area contributed by atoms with Gasteiger partial charge < -0.3 is 9.47 Å². The molecule has 0 spiro atoms. The maximum atomic E-state index is 6.13. The molecule has 7 heteroatoms. The van der Waals surface area contributed by atoms with Crippen molar-refractivity contribution < 1.29 is 31.9 Å². The van der Waals surface area contributed by atoms with Crippen molar-refractivity contribution in [1.82, 2.24) is 0 Å². The molecular weight excluding hydrogens is 871 g/mol. The molecule has 2 saturated carbocycles. The molecule has 0 aromatic heterocycles. The Labute approximate surface area is 336 Å². The number of ether oxygens (including phenoxy) is 2. The van der Waals surface area contributed by atoms with E-state index in [-0.39, 0.29) is 22.4 Å². The zero-order chi connectivity index (χ0) is 35.9. The van der Waals surface area contributed by atoms with Crippen molar-refractivity contribution in [1.29, 1.82) is 0 Å². The molecule has 0 saturated heterocycles. The zero-order valence-electron chi connectivity index (χ0n) is 31.8. The number of hydrogen-bond acceptors (Lipinski definition) is 4. The first-order valence-corrected chi connectivity index (χ1v) is 23.0. The second-order valence-electron chi connectivity index (χ2n) is 15.8. The first kappa shape index (κ1) is 40.1. The molecule has 2 aliphatic carbocycles. The van der Waals surface area contributed by atoms with E-state index in [0.29, 0.717) is 47.1 Å². The van der Waals surface area contributed by atoms with Crippen LogP contribution in [-0.2, 0) is 31.9 Å². The molecular formula is C46H58AuN2O2P2+2. The van der Waals surface area contributed by atoms with Gasteiger partial charge in [-0.2, -0.15) is 0 Å². The predicted octanol–water partition coefficient (Wildman–Crippen LogP) is 8.94. The Morgan fingerprint density at radius 3 is 1.04 bits per heavy atom. The minimum Gasteiger partial charge on any atom is -0.478 e. The summed E-state index contributed by atoms with van der Waals surface area (Å²) in [7, 11) is -1.72. The Morgan fingerprint density at radius 1 is 0.472 bits per heavy atom. The molecule has 2 heterocycles. The van der Waals surface area contributed by atoms with Gasteiger partial charge in [0.1, 0.15) is 13.2 Å². The van der Waals surface area contributed by atoms with E-state index >= 15 is 0 Å². The molecule has 0 bridgehead atoms. The maximum Gasteiger partial charge on any atom is 0.190 e. The van der Waals surface area contributed by atoms with Crippen LogP contribution >= 0.6 is 15.8 Å². The molecule has 1 radical (unpaired) electrons. The third kappa shape index (κ3) is 9.63. The van der Waals surface area contributed by atoms with Crippen molar-refractivity contribution in [2.75, 3.05) is 13.2 Å². The van der Waals surface area contributed by atoms with Crippen LogP contribution in [0.15, 0.2) is 131 Å². The monoisotopic (exact) mass is 929 g/mol. The van der Waals surface area contributed by atoms with Gasteiger partial charge in [0, 0.05) is 22.4 Å². The first-order chi connectivity index (χ1) is 25.5. The van der Waals surface area contributed by atoms with Crippen LogP contribution in [0.2, 0.25) is 0 Å². The van der Waals surface area contributed by atoms with Gasteiger partial charge in [0.05, 0.1) is 72.3 Å². The minimum atomic E-state index is -0.860. The largest absolute Gasteiger partial charge is 0.478 e. The zero-order valence-corrected chi connectivity index (χ0v) is 36.0. The van der Waals surface area contributed by atoms with Crippen LogP contribution in [0.25, 0.3) is 0 Å². The van der Waals surface area contributed by atoms with E-state index in [4.69, 9.17) is 19.5 Å². The molecule has 4 aromatic carbocycles. The van der Waals surface area contributed by atoms with Gasteiger partial charge in [-0.1, -0.05) is 100 Å². The van der Waals surface area contributed by atoms with Crippen LogP contribution in [0.4, 0.5) is 0 Å². The van der Waals surface area contributed by atoms with E-state index in [1.807, 2.05) is 0 Å². The van der Waals surface area contributed by atoms with Crippen LogP contribution in [-0.4, -0.2) is 48.4 Å². The fraction of sp³-hybridized carbons (Fsp3) is 0.435. The summed E-state index contributed by atoms with van der Waals surface area (Å²) >= 11 is 0. The summed E-state index contributed by atoms with van der Waals surface area (Å²) in [5, 5.41) is 6.05. The van der Waals surface area contributed by atoms with Crippen LogP contribution < -0.4 is 21.2 Å². The van der Waals surface area contributed by atoms with Crippen molar-refractivity contribution in [2.24, 2.45) is 33.7 Å². The molecule has 4 nitrogen and oxygen atoms in total. The molecule has 0 N–H and O–H groups in total. The van der Waals surface area contributed by atoms with Gasteiger partial charge in [0.15, 0.2) is 11.8 Å². The van der Waals surface area contributed by atoms with Gasteiger partial charge in [0.25, 0.3) is 0 Å². The minimum absolute atomic E-state index is 0. The SMILES string of the molecule is CC(C)[C@H]1COC(C2CCCC2[PH+](c2ccccc2)c2ccccc2)=N1.CC(C)[C@H]1COC(C2CCC[C@H]2[PH+](c2ccccc2)c2ccccc2)=N1.[Au]. The van der Waals surface area contributed by atoms with Gasteiger partial charge in [-0.3, -0.25) is 0 Å². The Balaban J connectivity index is 0.000000178.